The molecule has 0 aliphatic carbocycles. The summed E-state index contributed by atoms with van der Waals surface area (Å²) in [7, 11) is 0. The summed E-state index contributed by atoms with van der Waals surface area (Å²) in [5, 5.41) is 1.75. The predicted octanol–water partition coefficient (Wildman–Crippen LogP) is 6.58. The molecule has 0 radical (unpaired) electrons. The third kappa shape index (κ3) is 5.51. The Hall–Kier alpha value is -4.20. The number of allylic oxidation sites excluding steroid dienone is 1. The molecule has 3 aromatic carbocycles. The summed E-state index contributed by atoms with van der Waals surface area (Å²) in [5.74, 6) is -0.0964. The summed E-state index contributed by atoms with van der Waals surface area (Å²) in [6.07, 6.45) is 4.02. The van der Waals surface area contributed by atoms with Gasteiger partial charge in [0.1, 0.15) is 0 Å². The Morgan fingerprint density at radius 3 is 2.49 bits per heavy atom. The number of thiazole rings is 1. The van der Waals surface area contributed by atoms with Crippen molar-refractivity contribution in [2.24, 2.45) is 4.99 Å². The standard InChI is InChI=1S/C35H32ClN3O3S/c1-5-42-34(41)31-22(4)37-35-39(32(31)25-14-12-24(13-15-25)21(2)3)33(40)30(43-35)18-26-20-38(29-9-7-6-8-28(26)29)19-23-10-16-27(36)17-11-23/h6-18,20-21,32H,5,19H2,1-4H3/b30-18+/t32-/m1/s1. The van der Waals surface area contributed by atoms with Crippen LogP contribution in [0.25, 0.3) is 17.0 Å². The number of carbonyl (C=O) groups is 1. The van der Waals surface area contributed by atoms with Crippen molar-refractivity contribution in [3.8, 4) is 0 Å². The monoisotopic (exact) mass is 609 g/mol. The van der Waals surface area contributed by atoms with E-state index in [1.54, 1.807) is 11.5 Å². The Kier molecular flexibility index (Phi) is 7.95. The van der Waals surface area contributed by atoms with E-state index in [-0.39, 0.29) is 12.2 Å². The molecule has 0 amide bonds. The Labute approximate surface area is 258 Å². The van der Waals surface area contributed by atoms with Gasteiger partial charge in [-0.05, 0) is 60.7 Å². The first kappa shape index (κ1) is 28.9. The van der Waals surface area contributed by atoms with Gasteiger partial charge in [0.15, 0.2) is 4.80 Å². The van der Waals surface area contributed by atoms with Crippen molar-refractivity contribution >= 4 is 45.9 Å². The lowest BCUT2D eigenvalue weighted by atomic mass is 9.93. The number of fused-ring (bicyclic) bond motifs is 2. The molecule has 43 heavy (non-hydrogen) atoms. The molecule has 6 nitrogen and oxygen atoms in total. The zero-order chi connectivity index (χ0) is 30.2. The van der Waals surface area contributed by atoms with E-state index < -0.39 is 12.0 Å². The number of halogens is 1. The summed E-state index contributed by atoms with van der Waals surface area (Å²) in [6.45, 7) is 8.76. The number of hydrogen-bond donors (Lipinski definition) is 0. The zero-order valence-electron chi connectivity index (χ0n) is 24.5. The molecular formula is C35H32ClN3O3S. The van der Waals surface area contributed by atoms with Gasteiger partial charge in [0.2, 0.25) is 0 Å². The quantitative estimate of drug-likeness (QED) is 0.196. The van der Waals surface area contributed by atoms with Crippen LogP contribution in [-0.4, -0.2) is 21.7 Å². The summed E-state index contributed by atoms with van der Waals surface area (Å²) in [6, 6.07) is 23.5. The second kappa shape index (κ2) is 11.8. The molecule has 3 heterocycles. The average Bonchev–Trinajstić information content (AvgIpc) is 3.49. The normalized spacial score (nSPS) is 15.2. The first-order valence-corrected chi connectivity index (χ1v) is 15.6. The molecule has 2 aromatic heterocycles. The van der Waals surface area contributed by atoms with Crippen molar-refractivity contribution in [2.45, 2.75) is 46.2 Å². The number of rotatable bonds is 7. The SMILES string of the molecule is CCOC(=O)C1=C(C)N=c2s/c(=C/c3cn(Cc4ccc(Cl)cc4)c4ccccc34)c(=O)n2[C@@H]1c1ccc(C(C)C)cc1. The van der Waals surface area contributed by atoms with Gasteiger partial charge in [-0.3, -0.25) is 9.36 Å². The van der Waals surface area contributed by atoms with Gasteiger partial charge in [0.05, 0.1) is 28.5 Å². The van der Waals surface area contributed by atoms with Gasteiger partial charge in [0, 0.05) is 34.2 Å². The number of hydrogen-bond acceptors (Lipinski definition) is 5. The van der Waals surface area contributed by atoms with E-state index in [9.17, 15) is 9.59 Å². The van der Waals surface area contributed by atoms with E-state index in [2.05, 4.69) is 48.9 Å². The predicted molar refractivity (Wildman–Crippen MR) is 173 cm³/mol. The average molecular weight is 610 g/mol. The molecule has 8 heteroatoms. The number of esters is 1. The van der Waals surface area contributed by atoms with Crippen molar-refractivity contribution in [2.75, 3.05) is 6.61 Å². The van der Waals surface area contributed by atoms with Crippen LogP contribution < -0.4 is 14.9 Å². The van der Waals surface area contributed by atoms with Gasteiger partial charge in [-0.2, -0.15) is 0 Å². The molecule has 6 rings (SSSR count). The van der Waals surface area contributed by atoms with Crippen LogP contribution in [-0.2, 0) is 16.1 Å². The smallest absolute Gasteiger partial charge is 0.338 e. The molecule has 5 aromatic rings. The number of aromatic nitrogens is 2. The maximum atomic E-state index is 14.2. The molecular weight excluding hydrogens is 578 g/mol. The third-order valence-electron chi connectivity index (χ3n) is 7.81. The highest BCUT2D eigenvalue weighted by Crippen LogP contribution is 2.32. The van der Waals surface area contributed by atoms with E-state index in [0.29, 0.717) is 38.1 Å². The molecule has 1 aliphatic rings. The molecule has 0 unspecified atom stereocenters. The summed E-state index contributed by atoms with van der Waals surface area (Å²) in [5.41, 5.74) is 5.92. The Balaban J connectivity index is 1.50. The van der Waals surface area contributed by atoms with Crippen molar-refractivity contribution in [3.63, 3.8) is 0 Å². The number of ether oxygens (including phenoxy) is 1. The van der Waals surface area contributed by atoms with Crippen LogP contribution in [0.3, 0.4) is 0 Å². The lowest BCUT2D eigenvalue weighted by molar-refractivity contribution is -0.139. The molecule has 0 fully saturated rings. The van der Waals surface area contributed by atoms with Gasteiger partial charge in [0.25, 0.3) is 5.56 Å². The largest absolute Gasteiger partial charge is 0.463 e. The molecule has 0 saturated heterocycles. The molecule has 218 valence electrons. The van der Waals surface area contributed by atoms with E-state index >= 15 is 0 Å². The van der Waals surface area contributed by atoms with Crippen LogP contribution in [0.1, 0.15) is 61.9 Å². The van der Waals surface area contributed by atoms with Crippen molar-refractivity contribution in [1.82, 2.24) is 9.13 Å². The van der Waals surface area contributed by atoms with E-state index in [0.717, 1.165) is 27.6 Å². The summed E-state index contributed by atoms with van der Waals surface area (Å²) < 4.78 is 9.82. The second-order valence-electron chi connectivity index (χ2n) is 11.0. The van der Waals surface area contributed by atoms with Gasteiger partial charge in [-0.15, -0.1) is 0 Å². The topological polar surface area (TPSA) is 65.6 Å². The van der Waals surface area contributed by atoms with Crippen LogP contribution in [0.15, 0.2) is 100 Å². The van der Waals surface area contributed by atoms with Crippen molar-refractivity contribution < 1.29 is 9.53 Å². The molecule has 0 N–H and O–H groups in total. The highest BCUT2D eigenvalue weighted by Gasteiger charge is 2.33. The summed E-state index contributed by atoms with van der Waals surface area (Å²) >= 11 is 7.44. The first-order chi connectivity index (χ1) is 20.7. The lowest BCUT2D eigenvalue weighted by Gasteiger charge is -2.25. The van der Waals surface area contributed by atoms with Gasteiger partial charge < -0.3 is 9.30 Å². The maximum absolute atomic E-state index is 14.2. The fraction of sp³-hybridized carbons (Fsp3) is 0.229. The molecule has 1 atom stereocenters. The van der Waals surface area contributed by atoms with Crippen LogP contribution in [0.4, 0.5) is 0 Å². The van der Waals surface area contributed by atoms with Crippen LogP contribution >= 0.6 is 22.9 Å². The maximum Gasteiger partial charge on any atom is 0.338 e. The number of carbonyl (C=O) groups excluding carboxylic acids is 1. The fourth-order valence-electron chi connectivity index (χ4n) is 5.62. The molecule has 0 bridgehead atoms. The first-order valence-electron chi connectivity index (χ1n) is 14.4. The fourth-order valence-corrected chi connectivity index (χ4v) is 6.78. The van der Waals surface area contributed by atoms with Crippen LogP contribution in [0.5, 0.6) is 0 Å². The molecule has 0 spiro atoms. The molecule has 1 aliphatic heterocycles. The minimum atomic E-state index is -0.634. The van der Waals surface area contributed by atoms with Crippen molar-refractivity contribution in [3.05, 3.63) is 137 Å². The number of nitrogens with zero attached hydrogens (tertiary/aromatic N) is 3. The number of benzene rings is 3. The van der Waals surface area contributed by atoms with Gasteiger partial charge in [-0.1, -0.05) is 91.4 Å². The third-order valence-corrected chi connectivity index (χ3v) is 9.04. The van der Waals surface area contributed by atoms with Crippen LogP contribution in [0, 0.1) is 0 Å². The highest BCUT2D eigenvalue weighted by atomic mass is 35.5. The minimum absolute atomic E-state index is 0.189. The number of para-hydroxylation sites is 1. The lowest BCUT2D eigenvalue weighted by Crippen LogP contribution is -2.39. The van der Waals surface area contributed by atoms with E-state index in [4.69, 9.17) is 21.3 Å². The Morgan fingerprint density at radius 2 is 1.79 bits per heavy atom. The molecule has 0 saturated carbocycles. The van der Waals surface area contributed by atoms with Crippen molar-refractivity contribution in [1.29, 1.82) is 0 Å². The minimum Gasteiger partial charge on any atom is -0.463 e. The van der Waals surface area contributed by atoms with Gasteiger partial charge in [-0.25, -0.2) is 9.79 Å². The van der Waals surface area contributed by atoms with Crippen LogP contribution in [0.2, 0.25) is 5.02 Å². The van der Waals surface area contributed by atoms with E-state index in [1.807, 2.05) is 61.5 Å². The Morgan fingerprint density at radius 1 is 1.07 bits per heavy atom. The Bertz CT molecular complexity index is 2050. The highest BCUT2D eigenvalue weighted by molar-refractivity contribution is 7.07. The second-order valence-corrected chi connectivity index (χ2v) is 12.4. The zero-order valence-corrected chi connectivity index (χ0v) is 26.1. The summed E-state index contributed by atoms with van der Waals surface area (Å²) in [4.78, 5) is 32.7. The van der Waals surface area contributed by atoms with E-state index in [1.165, 1.54) is 16.9 Å². The van der Waals surface area contributed by atoms with Gasteiger partial charge >= 0.3 is 5.97 Å².